The minimum absolute atomic E-state index is 0.0525. The summed E-state index contributed by atoms with van der Waals surface area (Å²) in [6.07, 6.45) is 0. The fourth-order valence-electron chi connectivity index (χ4n) is 1.69. The molecule has 0 bridgehead atoms. The summed E-state index contributed by atoms with van der Waals surface area (Å²) in [6.45, 7) is 3.78. The maximum atomic E-state index is 11.9. The molecule has 2 rings (SSSR count). The molecule has 1 amide bonds. The monoisotopic (exact) mass is 275 g/mol. The van der Waals surface area contributed by atoms with E-state index in [1.807, 2.05) is 0 Å². The van der Waals surface area contributed by atoms with Crippen LogP contribution >= 0.6 is 0 Å². The third-order valence-corrected chi connectivity index (χ3v) is 2.81. The highest BCUT2D eigenvalue weighted by Crippen LogP contribution is 2.11. The predicted molar refractivity (Wildman–Crippen MR) is 68.3 cm³/mol. The Morgan fingerprint density at radius 1 is 1.30 bits per heavy atom. The summed E-state index contributed by atoms with van der Waals surface area (Å²) in [5.74, 6) is -0.992. The van der Waals surface area contributed by atoms with Gasteiger partial charge in [0.15, 0.2) is 0 Å². The number of carboxylic acids is 1. The van der Waals surface area contributed by atoms with Gasteiger partial charge in [-0.2, -0.15) is 0 Å². The van der Waals surface area contributed by atoms with E-state index in [9.17, 15) is 9.59 Å². The van der Waals surface area contributed by atoms with Crippen molar-refractivity contribution in [3.8, 4) is 0 Å². The summed E-state index contributed by atoms with van der Waals surface area (Å²) in [7, 11) is 0. The van der Waals surface area contributed by atoms with Crippen molar-refractivity contribution >= 4 is 11.9 Å². The summed E-state index contributed by atoms with van der Waals surface area (Å²) in [5, 5.41) is 15.3. The molecule has 104 valence electrons. The number of carbonyl (C=O) groups is 2. The molecule has 0 fully saturated rings. The molecule has 2 heterocycles. The van der Waals surface area contributed by atoms with E-state index in [0.717, 1.165) is 5.56 Å². The van der Waals surface area contributed by atoms with Gasteiger partial charge in [-0.25, -0.2) is 9.78 Å². The summed E-state index contributed by atoms with van der Waals surface area (Å²) >= 11 is 0. The van der Waals surface area contributed by atoms with Gasteiger partial charge in [0, 0.05) is 12.1 Å². The molecule has 0 saturated carbocycles. The summed E-state index contributed by atoms with van der Waals surface area (Å²) in [4.78, 5) is 26.5. The highest BCUT2D eigenvalue weighted by atomic mass is 16.5. The minimum Gasteiger partial charge on any atom is -0.477 e. The number of nitrogens with zero attached hydrogens (tertiary/aromatic N) is 2. The van der Waals surface area contributed by atoms with Crippen molar-refractivity contribution in [2.75, 3.05) is 0 Å². The van der Waals surface area contributed by atoms with Gasteiger partial charge in [-0.1, -0.05) is 11.2 Å². The maximum Gasteiger partial charge on any atom is 0.354 e. The van der Waals surface area contributed by atoms with Gasteiger partial charge in [-0.3, -0.25) is 4.79 Å². The molecule has 7 nitrogen and oxygen atoms in total. The fraction of sp³-hybridized carbons (Fsp3) is 0.231. The molecule has 0 aliphatic heterocycles. The zero-order chi connectivity index (χ0) is 14.7. The first-order valence-electron chi connectivity index (χ1n) is 5.89. The second kappa shape index (κ2) is 5.52. The average molecular weight is 275 g/mol. The number of pyridine rings is 1. The van der Waals surface area contributed by atoms with Crippen molar-refractivity contribution in [1.82, 2.24) is 15.5 Å². The molecular weight excluding hydrogens is 262 g/mol. The lowest BCUT2D eigenvalue weighted by Crippen LogP contribution is -2.24. The number of carbonyl (C=O) groups excluding carboxylic acids is 1. The number of aryl methyl sites for hydroxylation is 2. The van der Waals surface area contributed by atoms with Crippen LogP contribution in [0.25, 0.3) is 0 Å². The molecule has 2 aromatic rings. The van der Waals surface area contributed by atoms with Crippen molar-refractivity contribution in [2.24, 2.45) is 0 Å². The average Bonchev–Trinajstić information content (AvgIpc) is 2.75. The number of nitrogens with one attached hydrogen (secondary N) is 1. The molecule has 0 aliphatic rings. The van der Waals surface area contributed by atoms with Gasteiger partial charge < -0.3 is 14.9 Å². The molecule has 20 heavy (non-hydrogen) atoms. The van der Waals surface area contributed by atoms with Gasteiger partial charge in [0.1, 0.15) is 17.1 Å². The van der Waals surface area contributed by atoms with Crippen LogP contribution in [0.4, 0.5) is 0 Å². The molecule has 0 radical (unpaired) electrons. The maximum absolute atomic E-state index is 11.9. The molecule has 0 aliphatic carbocycles. The highest BCUT2D eigenvalue weighted by Gasteiger charge is 2.13. The van der Waals surface area contributed by atoms with Gasteiger partial charge >= 0.3 is 5.97 Å². The smallest absolute Gasteiger partial charge is 0.354 e. The van der Waals surface area contributed by atoms with Crippen LogP contribution in [-0.2, 0) is 6.54 Å². The van der Waals surface area contributed by atoms with Crippen LogP contribution in [0.3, 0.4) is 0 Å². The first-order valence-corrected chi connectivity index (χ1v) is 5.89. The van der Waals surface area contributed by atoms with Crippen LogP contribution in [0, 0.1) is 13.8 Å². The Hall–Kier alpha value is -2.70. The van der Waals surface area contributed by atoms with Gasteiger partial charge in [0.25, 0.3) is 5.91 Å². The van der Waals surface area contributed by atoms with E-state index >= 15 is 0 Å². The SMILES string of the molecule is Cc1noc(C)c1CNC(=O)c1cccc(C(=O)O)n1. The quantitative estimate of drug-likeness (QED) is 0.871. The first kappa shape index (κ1) is 13.7. The van der Waals surface area contributed by atoms with Gasteiger partial charge in [0.2, 0.25) is 0 Å². The Morgan fingerprint density at radius 2 is 2.00 bits per heavy atom. The van der Waals surface area contributed by atoms with E-state index in [1.54, 1.807) is 13.8 Å². The number of amides is 1. The Labute approximate surface area is 114 Å². The van der Waals surface area contributed by atoms with E-state index in [0.29, 0.717) is 11.5 Å². The number of hydrogen-bond donors (Lipinski definition) is 2. The van der Waals surface area contributed by atoms with Gasteiger partial charge in [0.05, 0.1) is 5.69 Å². The molecule has 0 saturated heterocycles. The molecule has 7 heteroatoms. The van der Waals surface area contributed by atoms with Gasteiger partial charge in [-0.05, 0) is 26.0 Å². The van der Waals surface area contributed by atoms with Gasteiger partial charge in [-0.15, -0.1) is 0 Å². The highest BCUT2D eigenvalue weighted by molar-refractivity contribution is 5.94. The van der Waals surface area contributed by atoms with Crippen LogP contribution in [0.15, 0.2) is 22.7 Å². The van der Waals surface area contributed by atoms with Crippen molar-refractivity contribution in [3.05, 3.63) is 46.6 Å². The standard InChI is InChI=1S/C13H13N3O4/c1-7-9(8(2)20-16-7)6-14-12(17)10-4-3-5-11(15-10)13(18)19/h3-5H,6H2,1-2H3,(H,14,17)(H,18,19). The Morgan fingerprint density at radius 3 is 2.60 bits per heavy atom. The second-order valence-corrected chi connectivity index (χ2v) is 4.20. The number of aromatic carboxylic acids is 1. The van der Waals surface area contributed by atoms with Crippen LogP contribution < -0.4 is 5.32 Å². The van der Waals surface area contributed by atoms with Crippen LogP contribution in [0.5, 0.6) is 0 Å². The third-order valence-electron chi connectivity index (χ3n) is 2.81. The van der Waals surface area contributed by atoms with Crippen LogP contribution in [0.2, 0.25) is 0 Å². The fourth-order valence-corrected chi connectivity index (χ4v) is 1.69. The number of rotatable bonds is 4. The first-order chi connectivity index (χ1) is 9.49. The van der Waals surface area contributed by atoms with Crippen LogP contribution in [-0.4, -0.2) is 27.1 Å². The third kappa shape index (κ3) is 2.82. The van der Waals surface area contributed by atoms with E-state index in [-0.39, 0.29) is 17.9 Å². The van der Waals surface area contributed by atoms with E-state index in [1.165, 1.54) is 18.2 Å². The Kier molecular flexibility index (Phi) is 3.79. The van der Waals surface area contributed by atoms with E-state index in [4.69, 9.17) is 9.63 Å². The normalized spacial score (nSPS) is 10.3. The molecule has 0 aromatic carbocycles. The molecular formula is C13H13N3O4. The summed E-state index contributed by atoms with van der Waals surface area (Å²) in [6, 6.07) is 4.25. The predicted octanol–water partition coefficient (Wildman–Crippen LogP) is 1.31. The van der Waals surface area contributed by atoms with Crippen molar-refractivity contribution in [3.63, 3.8) is 0 Å². The molecule has 2 N–H and O–H groups in total. The minimum atomic E-state index is -1.18. The summed E-state index contributed by atoms with van der Waals surface area (Å²) < 4.78 is 4.99. The zero-order valence-electron chi connectivity index (χ0n) is 11.0. The lowest BCUT2D eigenvalue weighted by molar-refractivity contribution is 0.0690. The van der Waals surface area contributed by atoms with Crippen molar-refractivity contribution in [1.29, 1.82) is 0 Å². The van der Waals surface area contributed by atoms with E-state index < -0.39 is 11.9 Å². The van der Waals surface area contributed by atoms with E-state index in [2.05, 4.69) is 15.5 Å². The Bertz CT molecular complexity index is 644. The zero-order valence-corrected chi connectivity index (χ0v) is 11.0. The number of carboxylic acid groups (broad SMARTS) is 1. The topological polar surface area (TPSA) is 105 Å². The Balaban J connectivity index is 2.09. The number of aromatic nitrogens is 2. The van der Waals surface area contributed by atoms with Crippen molar-refractivity contribution < 1.29 is 19.2 Å². The second-order valence-electron chi connectivity index (χ2n) is 4.20. The van der Waals surface area contributed by atoms with Crippen LogP contribution in [0.1, 0.15) is 38.0 Å². The molecule has 0 atom stereocenters. The lowest BCUT2D eigenvalue weighted by Gasteiger charge is -2.04. The molecule has 2 aromatic heterocycles. The van der Waals surface area contributed by atoms with Crippen molar-refractivity contribution in [2.45, 2.75) is 20.4 Å². The molecule has 0 spiro atoms. The summed E-state index contributed by atoms with van der Waals surface area (Å²) in [5.41, 5.74) is 1.38. The largest absolute Gasteiger partial charge is 0.477 e. The molecule has 0 unspecified atom stereocenters. The number of hydrogen-bond acceptors (Lipinski definition) is 5. The lowest BCUT2D eigenvalue weighted by atomic mass is 10.2.